The van der Waals surface area contributed by atoms with Crippen molar-refractivity contribution < 1.29 is 19.5 Å². The van der Waals surface area contributed by atoms with Gasteiger partial charge in [0, 0.05) is 26.7 Å². The van der Waals surface area contributed by atoms with Gasteiger partial charge >= 0.3 is 5.97 Å². The van der Waals surface area contributed by atoms with Gasteiger partial charge in [0.25, 0.3) is 5.91 Å². The van der Waals surface area contributed by atoms with Gasteiger partial charge in [0.2, 0.25) is 5.91 Å². The zero-order valence-corrected chi connectivity index (χ0v) is 18.2. The predicted molar refractivity (Wildman–Crippen MR) is 117 cm³/mol. The highest BCUT2D eigenvalue weighted by atomic mass is 35.5. The predicted octanol–water partition coefficient (Wildman–Crippen LogP) is 2.43. The van der Waals surface area contributed by atoms with Gasteiger partial charge in [-0.25, -0.2) is 9.78 Å². The molecule has 1 aromatic carbocycles. The molecule has 2 amide bonds. The van der Waals surface area contributed by atoms with Crippen LogP contribution in [-0.2, 0) is 14.4 Å². The molecule has 2 fully saturated rings. The molecule has 4 N–H and O–H groups in total. The molecule has 2 unspecified atom stereocenters. The second kappa shape index (κ2) is 8.10. The first-order valence-corrected chi connectivity index (χ1v) is 11.3. The highest BCUT2D eigenvalue weighted by Crippen LogP contribution is 2.40. The summed E-state index contributed by atoms with van der Waals surface area (Å²) in [5.41, 5.74) is 6.61. The van der Waals surface area contributed by atoms with E-state index in [0.29, 0.717) is 21.3 Å². The summed E-state index contributed by atoms with van der Waals surface area (Å²) < 4.78 is 0. The third-order valence-corrected chi connectivity index (χ3v) is 7.43. The minimum absolute atomic E-state index is 0.141. The molecule has 0 aliphatic carbocycles. The molecule has 8 nitrogen and oxygen atoms in total. The van der Waals surface area contributed by atoms with Gasteiger partial charge in [-0.05, 0) is 18.2 Å². The van der Waals surface area contributed by atoms with E-state index < -0.39 is 35.2 Å². The molecule has 0 radical (unpaired) electrons. The highest BCUT2D eigenvalue weighted by molar-refractivity contribution is 8.00. The lowest BCUT2D eigenvalue weighted by molar-refractivity contribution is -0.158. The van der Waals surface area contributed by atoms with Crippen LogP contribution >= 0.6 is 46.3 Å². The van der Waals surface area contributed by atoms with Crippen LogP contribution in [0.3, 0.4) is 0 Å². The molecule has 1 aromatic heterocycles. The Morgan fingerprint density at radius 3 is 2.63 bits per heavy atom. The fourth-order valence-corrected chi connectivity index (χ4v) is 5.81. The normalized spacial score (nSPS) is 23.1. The Labute approximate surface area is 189 Å². The third kappa shape index (κ3) is 3.64. The van der Waals surface area contributed by atoms with Crippen molar-refractivity contribution in [1.82, 2.24) is 15.2 Å². The number of halogens is 2. The summed E-state index contributed by atoms with van der Waals surface area (Å²) in [5, 5.41) is 14.1. The molecule has 156 valence electrons. The molecule has 0 saturated carbocycles. The summed E-state index contributed by atoms with van der Waals surface area (Å²) in [4.78, 5) is 42.3. The number of benzene rings is 1. The van der Waals surface area contributed by atoms with Gasteiger partial charge < -0.3 is 21.1 Å². The molecule has 2 aliphatic rings. The van der Waals surface area contributed by atoms with E-state index in [0.717, 1.165) is 11.3 Å². The average Bonchev–Trinajstić information content (AvgIpc) is 3.30. The molecule has 0 spiro atoms. The van der Waals surface area contributed by atoms with Gasteiger partial charge in [0.05, 0.1) is 11.3 Å². The second-order valence-corrected chi connectivity index (χ2v) is 9.39. The number of thioether (sulfide) groups is 1. The molecular formula is C18H14Cl2N4O4S2. The van der Waals surface area contributed by atoms with E-state index in [1.807, 2.05) is 0 Å². The van der Waals surface area contributed by atoms with E-state index in [9.17, 15) is 19.5 Å². The topological polar surface area (TPSA) is 126 Å². The molecule has 2 aliphatic heterocycles. The number of aromatic nitrogens is 1. The van der Waals surface area contributed by atoms with E-state index in [-0.39, 0.29) is 16.5 Å². The van der Waals surface area contributed by atoms with Gasteiger partial charge in [-0.1, -0.05) is 29.3 Å². The first-order chi connectivity index (χ1) is 14.3. The van der Waals surface area contributed by atoms with Crippen molar-refractivity contribution in [2.45, 2.75) is 17.5 Å². The number of hydrogen-bond acceptors (Lipinski definition) is 7. The van der Waals surface area contributed by atoms with Crippen LogP contribution in [0.25, 0.3) is 11.6 Å². The van der Waals surface area contributed by atoms with E-state index in [4.69, 9.17) is 28.9 Å². The number of nitrogens with one attached hydrogen (secondary N) is 1. The zero-order chi connectivity index (χ0) is 21.6. The summed E-state index contributed by atoms with van der Waals surface area (Å²) in [6.45, 7) is 0. The molecular weight excluding hydrogens is 471 g/mol. The summed E-state index contributed by atoms with van der Waals surface area (Å²) in [5.74, 6) is -1.78. The molecule has 4 rings (SSSR count). The Bertz CT molecular complexity index is 1070. The number of thiazole rings is 1. The lowest BCUT2D eigenvalue weighted by Crippen LogP contribution is -2.70. The van der Waals surface area contributed by atoms with Gasteiger partial charge in [-0.2, -0.15) is 0 Å². The largest absolute Gasteiger partial charge is 0.480 e. The number of carbonyl (C=O) groups is 3. The smallest absolute Gasteiger partial charge is 0.327 e. The van der Waals surface area contributed by atoms with Gasteiger partial charge in [-0.15, -0.1) is 23.1 Å². The molecule has 30 heavy (non-hydrogen) atoms. The quantitative estimate of drug-likeness (QED) is 0.439. The van der Waals surface area contributed by atoms with Crippen molar-refractivity contribution in [1.29, 1.82) is 0 Å². The van der Waals surface area contributed by atoms with Crippen LogP contribution in [0.2, 0.25) is 10.0 Å². The molecule has 3 atom stereocenters. The number of β-lactam (4-membered cyclic amide) rings is 1. The minimum atomic E-state index is -1.06. The third-order valence-electron chi connectivity index (χ3n) is 4.74. The Kier molecular flexibility index (Phi) is 5.67. The number of carboxylic acids is 1. The Morgan fingerprint density at radius 1 is 1.33 bits per heavy atom. The Morgan fingerprint density at radius 2 is 2.03 bits per heavy atom. The first kappa shape index (κ1) is 21.0. The zero-order valence-electron chi connectivity index (χ0n) is 15.0. The lowest BCUT2D eigenvalue weighted by atomic mass is 10.0. The standard InChI is InChI=1S/C18H14Cl2N4O4S2/c19-9-2-1-3-10(20)7(9)4-8(11-5-30-18(21)22-11)14(25)23-13-15(26)24-12(17(27)28)6-29-16(13)24/h1-5,12-13,16H,6H2,(H2,21,22)(H,23,25)(H,27,28)/b8-4-/t12?,13?,16-/m1/s1. The Balaban J connectivity index is 1.63. The van der Waals surface area contributed by atoms with Crippen molar-refractivity contribution in [2.24, 2.45) is 0 Å². The summed E-state index contributed by atoms with van der Waals surface area (Å²) in [6.07, 6.45) is 1.50. The number of nitrogens with two attached hydrogens (primary N) is 1. The number of carboxylic acid groups (broad SMARTS) is 1. The maximum absolute atomic E-state index is 13.1. The molecule has 2 aromatic rings. The van der Waals surface area contributed by atoms with Crippen LogP contribution in [-0.4, -0.2) is 56.0 Å². The van der Waals surface area contributed by atoms with Gasteiger partial charge in [-0.3, -0.25) is 9.59 Å². The van der Waals surface area contributed by atoms with Crippen LogP contribution in [0.5, 0.6) is 0 Å². The first-order valence-electron chi connectivity index (χ1n) is 8.62. The van der Waals surface area contributed by atoms with Crippen LogP contribution in [0.1, 0.15) is 11.3 Å². The number of carbonyl (C=O) groups excluding carboxylic acids is 2. The average molecular weight is 485 g/mol. The number of hydrogen-bond donors (Lipinski definition) is 3. The van der Waals surface area contributed by atoms with E-state index in [1.54, 1.807) is 23.6 Å². The van der Waals surface area contributed by atoms with E-state index >= 15 is 0 Å². The fourth-order valence-electron chi connectivity index (χ4n) is 3.27. The van der Waals surface area contributed by atoms with E-state index in [2.05, 4.69) is 10.3 Å². The van der Waals surface area contributed by atoms with Crippen LogP contribution < -0.4 is 11.1 Å². The van der Waals surface area contributed by atoms with E-state index in [1.165, 1.54) is 22.7 Å². The van der Waals surface area contributed by atoms with Crippen molar-refractivity contribution in [3.8, 4) is 0 Å². The number of nitrogens with zero attached hydrogens (tertiary/aromatic N) is 2. The minimum Gasteiger partial charge on any atom is -0.480 e. The number of fused-ring (bicyclic) bond motifs is 1. The lowest BCUT2D eigenvalue weighted by Gasteiger charge is -2.43. The second-order valence-electron chi connectivity index (χ2n) is 6.54. The van der Waals surface area contributed by atoms with Crippen molar-refractivity contribution >= 4 is 80.9 Å². The number of amides is 2. The number of aliphatic carboxylic acids is 1. The van der Waals surface area contributed by atoms with Crippen LogP contribution in [0, 0.1) is 0 Å². The maximum Gasteiger partial charge on any atom is 0.327 e. The number of anilines is 1. The summed E-state index contributed by atoms with van der Waals surface area (Å²) in [6, 6.07) is 3.25. The summed E-state index contributed by atoms with van der Waals surface area (Å²) >= 11 is 14.9. The van der Waals surface area contributed by atoms with Gasteiger partial charge in [0.15, 0.2) is 5.13 Å². The van der Waals surface area contributed by atoms with Crippen molar-refractivity contribution in [3.05, 3.63) is 44.9 Å². The Hall–Kier alpha value is -2.27. The van der Waals surface area contributed by atoms with Crippen LogP contribution in [0.15, 0.2) is 23.6 Å². The van der Waals surface area contributed by atoms with Gasteiger partial charge in [0.1, 0.15) is 17.5 Å². The van der Waals surface area contributed by atoms with Crippen molar-refractivity contribution in [2.75, 3.05) is 11.5 Å². The molecule has 0 bridgehead atoms. The number of rotatable bonds is 5. The number of nitrogen functional groups attached to an aromatic ring is 1. The SMILES string of the molecule is Nc1nc(/C(=C/c2c(Cl)cccc2Cl)C(=O)NC2C(=O)N3C(C(=O)O)CS[C@H]23)cs1. The monoisotopic (exact) mass is 484 g/mol. The highest BCUT2D eigenvalue weighted by Gasteiger charge is 2.57. The molecule has 3 heterocycles. The van der Waals surface area contributed by atoms with Crippen LogP contribution in [0.4, 0.5) is 5.13 Å². The fraction of sp³-hybridized carbons (Fsp3) is 0.222. The molecule has 2 saturated heterocycles. The van der Waals surface area contributed by atoms with Crippen molar-refractivity contribution in [3.63, 3.8) is 0 Å². The maximum atomic E-state index is 13.1. The summed E-state index contributed by atoms with van der Waals surface area (Å²) in [7, 11) is 0. The molecule has 12 heteroatoms.